The predicted octanol–water partition coefficient (Wildman–Crippen LogP) is 1.98. The van der Waals surface area contributed by atoms with Crippen LogP contribution in [0.3, 0.4) is 0 Å². The number of para-hydroxylation sites is 2. The maximum absolute atomic E-state index is 12.0. The summed E-state index contributed by atoms with van der Waals surface area (Å²) in [5, 5.41) is 6.31. The van der Waals surface area contributed by atoms with Crippen LogP contribution in [0.1, 0.15) is 22.6 Å². The highest BCUT2D eigenvalue weighted by Gasteiger charge is 2.21. The van der Waals surface area contributed by atoms with Crippen molar-refractivity contribution in [2.45, 2.75) is 19.4 Å². The van der Waals surface area contributed by atoms with Gasteiger partial charge in [-0.25, -0.2) is 14.9 Å². The topological polar surface area (TPSA) is 94.8 Å². The van der Waals surface area contributed by atoms with Gasteiger partial charge in [0.2, 0.25) is 0 Å². The Hall–Kier alpha value is -3.42. The van der Waals surface area contributed by atoms with Crippen LogP contribution in [0, 0.1) is 0 Å². The molecule has 0 saturated carbocycles. The van der Waals surface area contributed by atoms with E-state index < -0.39 is 5.97 Å². The summed E-state index contributed by atoms with van der Waals surface area (Å²) in [4.78, 5) is 28.6. The van der Waals surface area contributed by atoms with Gasteiger partial charge in [-0.05, 0) is 18.6 Å². The summed E-state index contributed by atoms with van der Waals surface area (Å²) < 4.78 is 8.73. The molecule has 1 aromatic carbocycles. The van der Waals surface area contributed by atoms with Crippen molar-refractivity contribution in [3.63, 3.8) is 0 Å². The van der Waals surface area contributed by atoms with E-state index in [2.05, 4.69) is 19.7 Å². The molecule has 0 radical (unpaired) electrons. The van der Waals surface area contributed by atoms with Crippen molar-refractivity contribution in [1.29, 1.82) is 0 Å². The van der Waals surface area contributed by atoms with Gasteiger partial charge in [-0.2, -0.15) is 5.10 Å². The molecular weight excluding hydrogens is 346 g/mol. The average molecular weight is 365 g/mol. The van der Waals surface area contributed by atoms with Gasteiger partial charge >= 0.3 is 5.97 Å². The molecule has 0 atom stereocenters. The number of rotatable bonds is 5. The molecule has 0 unspecified atom stereocenters. The molecule has 1 aromatic heterocycles. The highest BCUT2D eigenvalue weighted by Crippen LogP contribution is 2.21. The van der Waals surface area contributed by atoms with Crippen LogP contribution in [-0.2, 0) is 24.8 Å². The Balaban J connectivity index is 1.57. The summed E-state index contributed by atoms with van der Waals surface area (Å²) in [6.45, 7) is 0.633. The first kappa shape index (κ1) is 17.0. The number of fused-ring (bicyclic) bond motifs is 2. The van der Waals surface area contributed by atoms with Gasteiger partial charge in [0.15, 0.2) is 0 Å². The second-order valence-electron chi connectivity index (χ2n) is 6.40. The number of H-pyrrole nitrogens is 1. The first-order chi connectivity index (χ1) is 13.1. The molecule has 0 bridgehead atoms. The SMILES string of the molecule is COC(=O)c1cn(CCCc2nc3ccccc3n2C)cc2c(=O)[nH]nc1-2. The highest BCUT2D eigenvalue weighted by molar-refractivity contribution is 5.95. The lowest BCUT2D eigenvalue weighted by molar-refractivity contribution is 0.0600. The molecule has 0 fully saturated rings. The van der Waals surface area contributed by atoms with Gasteiger partial charge in [-0.3, -0.25) is 4.79 Å². The van der Waals surface area contributed by atoms with Gasteiger partial charge in [-0.15, -0.1) is 0 Å². The van der Waals surface area contributed by atoms with E-state index >= 15 is 0 Å². The summed E-state index contributed by atoms with van der Waals surface area (Å²) in [6, 6.07) is 8.02. The van der Waals surface area contributed by atoms with Gasteiger partial charge in [0.1, 0.15) is 17.1 Å². The zero-order valence-corrected chi connectivity index (χ0v) is 15.1. The molecule has 8 heteroatoms. The molecule has 8 nitrogen and oxygen atoms in total. The van der Waals surface area contributed by atoms with Crippen LogP contribution in [0.2, 0.25) is 0 Å². The van der Waals surface area contributed by atoms with E-state index in [-0.39, 0.29) is 11.1 Å². The van der Waals surface area contributed by atoms with Crippen LogP contribution in [0.25, 0.3) is 22.3 Å². The number of carbonyl (C=O) groups is 1. The third kappa shape index (κ3) is 2.99. The van der Waals surface area contributed by atoms with Crippen molar-refractivity contribution in [1.82, 2.24) is 24.3 Å². The van der Waals surface area contributed by atoms with Crippen molar-refractivity contribution in [2.75, 3.05) is 7.11 Å². The molecule has 0 amide bonds. The quantitative estimate of drug-likeness (QED) is 0.546. The highest BCUT2D eigenvalue weighted by atomic mass is 16.5. The minimum atomic E-state index is -0.517. The second kappa shape index (κ2) is 6.71. The van der Waals surface area contributed by atoms with Crippen molar-refractivity contribution in [3.8, 4) is 11.3 Å². The number of aromatic amines is 1. The first-order valence-electron chi connectivity index (χ1n) is 8.65. The number of hydrogen-bond donors (Lipinski definition) is 1. The van der Waals surface area contributed by atoms with Crippen molar-refractivity contribution < 1.29 is 9.53 Å². The number of benzene rings is 1. The average Bonchev–Trinajstić information content (AvgIpc) is 3.21. The monoisotopic (exact) mass is 365 g/mol. The number of pyridine rings is 1. The van der Waals surface area contributed by atoms with Crippen LogP contribution in [0.5, 0.6) is 0 Å². The molecule has 2 aliphatic rings. The first-order valence-corrected chi connectivity index (χ1v) is 8.65. The van der Waals surface area contributed by atoms with Crippen LogP contribution in [0.15, 0.2) is 41.5 Å². The van der Waals surface area contributed by atoms with E-state index in [1.807, 2.05) is 35.9 Å². The normalized spacial score (nSPS) is 11.3. The molecule has 0 aliphatic carbocycles. The van der Waals surface area contributed by atoms with E-state index in [9.17, 15) is 9.59 Å². The molecule has 27 heavy (non-hydrogen) atoms. The molecule has 4 rings (SSSR count). The molecule has 1 N–H and O–H groups in total. The predicted molar refractivity (Wildman–Crippen MR) is 99.8 cm³/mol. The maximum atomic E-state index is 12.0. The Kier molecular flexibility index (Phi) is 4.23. The van der Waals surface area contributed by atoms with E-state index in [0.29, 0.717) is 17.8 Å². The van der Waals surface area contributed by atoms with Crippen LogP contribution >= 0.6 is 0 Å². The summed E-state index contributed by atoms with van der Waals surface area (Å²) >= 11 is 0. The van der Waals surface area contributed by atoms with Gasteiger partial charge in [-0.1, -0.05) is 12.1 Å². The fourth-order valence-corrected chi connectivity index (χ4v) is 3.32. The molecule has 0 saturated heterocycles. The number of imidazole rings is 1. The van der Waals surface area contributed by atoms with Crippen molar-refractivity contribution >= 4 is 17.0 Å². The van der Waals surface area contributed by atoms with Gasteiger partial charge in [0.25, 0.3) is 5.56 Å². The third-order valence-electron chi connectivity index (χ3n) is 4.72. The van der Waals surface area contributed by atoms with Gasteiger partial charge in [0, 0.05) is 32.4 Å². The number of ether oxygens (including phenoxy) is 1. The number of esters is 1. The zero-order chi connectivity index (χ0) is 19.0. The minimum Gasteiger partial charge on any atom is -0.465 e. The maximum Gasteiger partial charge on any atom is 0.341 e. The Morgan fingerprint density at radius 3 is 2.85 bits per heavy atom. The van der Waals surface area contributed by atoms with Gasteiger partial charge in [0.05, 0.1) is 23.7 Å². The van der Waals surface area contributed by atoms with Crippen LogP contribution in [-0.4, -0.2) is 37.4 Å². The minimum absolute atomic E-state index is 0.274. The van der Waals surface area contributed by atoms with E-state index in [0.717, 1.165) is 29.7 Å². The number of nitrogens with zero attached hydrogens (tertiary/aromatic N) is 4. The molecule has 3 heterocycles. The Labute approximate surface area is 154 Å². The lowest BCUT2D eigenvalue weighted by Crippen LogP contribution is -2.12. The van der Waals surface area contributed by atoms with Crippen LogP contribution in [0.4, 0.5) is 0 Å². The van der Waals surface area contributed by atoms with Crippen LogP contribution < -0.4 is 5.56 Å². The standard InChI is InChI=1S/C19H19N5O3/c1-23-15-7-4-3-6-14(15)20-16(23)8-5-9-24-10-12-17(21-22-18(12)25)13(11-24)19(26)27-2/h3-4,6-7,10-11H,5,8-9H2,1-2H3,(H,22,25). The fraction of sp³-hybridized carbons (Fsp3) is 0.263. The number of carbonyl (C=O) groups excluding carboxylic acids is 1. The molecular formula is C19H19N5O3. The van der Waals surface area contributed by atoms with E-state index in [4.69, 9.17) is 4.74 Å². The molecule has 0 spiro atoms. The summed E-state index contributed by atoms with van der Waals surface area (Å²) in [5.74, 6) is 0.482. The number of aryl methyl sites for hydroxylation is 3. The zero-order valence-electron chi connectivity index (χ0n) is 15.1. The lowest BCUT2D eigenvalue weighted by Gasteiger charge is -2.11. The number of aromatic nitrogens is 5. The third-order valence-corrected chi connectivity index (χ3v) is 4.72. The Morgan fingerprint density at radius 2 is 2.07 bits per heavy atom. The largest absolute Gasteiger partial charge is 0.465 e. The summed E-state index contributed by atoms with van der Waals surface area (Å²) in [7, 11) is 3.32. The van der Waals surface area contributed by atoms with Crippen molar-refractivity contribution in [2.24, 2.45) is 7.05 Å². The van der Waals surface area contributed by atoms with Crippen molar-refractivity contribution in [3.05, 3.63) is 58.4 Å². The summed E-state index contributed by atoms with van der Waals surface area (Å²) in [5.41, 5.74) is 2.74. The summed E-state index contributed by atoms with van der Waals surface area (Å²) in [6.07, 6.45) is 4.96. The van der Waals surface area contributed by atoms with E-state index in [1.165, 1.54) is 7.11 Å². The molecule has 2 aromatic rings. The smallest absolute Gasteiger partial charge is 0.341 e. The van der Waals surface area contributed by atoms with Gasteiger partial charge < -0.3 is 13.9 Å². The van der Waals surface area contributed by atoms with E-state index in [1.54, 1.807) is 12.4 Å². The lowest BCUT2D eigenvalue weighted by atomic mass is 10.1. The fourth-order valence-electron chi connectivity index (χ4n) is 3.32. The number of methoxy groups -OCH3 is 1. The number of nitrogens with one attached hydrogen (secondary N) is 1. The molecule has 138 valence electrons. The Morgan fingerprint density at radius 1 is 1.26 bits per heavy atom. The number of hydrogen-bond acceptors (Lipinski definition) is 5. The molecule has 2 aliphatic heterocycles. The second-order valence-corrected chi connectivity index (χ2v) is 6.40. The Bertz CT molecular complexity index is 1150.